The van der Waals surface area contributed by atoms with Crippen LogP contribution < -0.4 is 10.2 Å². The van der Waals surface area contributed by atoms with Crippen LogP contribution in [0.1, 0.15) is 22.5 Å². The van der Waals surface area contributed by atoms with Gasteiger partial charge in [0.1, 0.15) is 5.75 Å². The van der Waals surface area contributed by atoms with Crippen molar-refractivity contribution in [3.8, 4) is 17.0 Å². The smallest absolute Gasteiger partial charge is 0.303 e. The van der Waals surface area contributed by atoms with Crippen molar-refractivity contribution in [3.63, 3.8) is 0 Å². The van der Waals surface area contributed by atoms with E-state index in [4.69, 9.17) is 9.84 Å². The number of halogens is 1. The van der Waals surface area contributed by atoms with E-state index in [1.54, 1.807) is 28.9 Å². The highest BCUT2D eigenvalue weighted by Gasteiger charge is 2.17. The molecular weight excluding hydrogens is 424 g/mol. The second-order valence-corrected chi connectivity index (χ2v) is 7.00. The third-order valence-electron chi connectivity index (χ3n) is 4.26. The van der Waals surface area contributed by atoms with Gasteiger partial charge in [-0.2, -0.15) is 0 Å². The molecule has 1 amide bonds. The van der Waals surface area contributed by atoms with Crippen LogP contribution in [0, 0.1) is 0 Å². The summed E-state index contributed by atoms with van der Waals surface area (Å²) in [6.45, 7) is 0. The van der Waals surface area contributed by atoms with Gasteiger partial charge in [-0.1, -0.05) is 40.2 Å². The maximum atomic E-state index is 12.9. The van der Waals surface area contributed by atoms with Crippen molar-refractivity contribution in [2.24, 2.45) is 0 Å². The SMILES string of the molecule is COc1ccccc1C(=O)Nn1c(CCC(=O)O)ccc1-c1ccc(Br)cc1. The van der Waals surface area contributed by atoms with E-state index in [0.29, 0.717) is 17.0 Å². The van der Waals surface area contributed by atoms with Crippen molar-refractivity contribution in [2.45, 2.75) is 12.8 Å². The summed E-state index contributed by atoms with van der Waals surface area (Å²) in [5.41, 5.74) is 5.62. The summed E-state index contributed by atoms with van der Waals surface area (Å²) >= 11 is 3.41. The molecule has 0 bridgehead atoms. The van der Waals surface area contributed by atoms with Crippen LogP contribution in [-0.2, 0) is 11.2 Å². The van der Waals surface area contributed by atoms with Crippen LogP contribution >= 0.6 is 15.9 Å². The summed E-state index contributed by atoms with van der Waals surface area (Å²) in [4.78, 5) is 23.9. The number of benzene rings is 2. The lowest BCUT2D eigenvalue weighted by Gasteiger charge is -2.16. The van der Waals surface area contributed by atoms with Gasteiger partial charge in [-0.3, -0.25) is 19.7 Å². The first-order chi connectivity index (χ1) is 13.5. The molecule has 1 aromatic heterocycles. The number of methoxy groups -OCH3 is 1. The summed E-state index contributed by atoms with van der Waals surface area (Å²) < 4.78 is 7.85. The van der Waals surface area contributed by atoms with Crippen molar-refractivity contribution in [1.29, 1.82) is 0 Å². The number of carboxylic acid groups (broad SMARTS) is 1. The molecule has 6 nitrogen and oxygen atoms in total. The number of hydrogen-bond acceptors (Lipinski definition) is 3. The molecule has 0 aliphatic heterocycles. The lowest BCUT2D eigenvalue weighted by Crippen LogP contribution is -2.26. The Bertz CT molecular complexity index is 996. The normalized spacial score (nSPS) is 10.5. The number of aromatic nitrogens is 1. The summed E-state index contributed by atoms with van der Waals surface area (Å²) in [6.07, 6.45) is 0.256. The highest BCUT2D eigenvalue weighted by atomic mass is 79.9. The molecule has 0 saturated carbocycles. The number of aliphatic carboxylic acids is 1. The topological polar surface area (TPSA) is 80.6 Å². The standard InChI is InChI=1S/C21H19BrN2O4/c1-28-19-5-3-2-4-17(19)21(27)23-24-16(11-13-20(25)26)10-12-18(24)14-6-8-15(22)9-7-14/h2-10,12H,11,13H2,1H3,(H,23,27)(H,25,26). The molecule has 0 atom stereocenters. The lowest BCUT2D eigenvalue weighted by molar-refractivity contribution is -0.136. The molecule has 7 heteroatoms. The zero-order valence-corrected chi connectivity index (χ0v) is 16.8. The van der Waals surface area contributed by atoms with E-state index in [1.807, 2.05) is 36.4 Å². The predicted molar refractivity (Wildman–Crippen MR) is 110 cm³/mol. The molecule has 0 fully saturated rings. The number of hydrogen-bond donors (Lipinski definition) is 2. The fourth-order valence-corrected chi connectivity index (χ4v) is 3.15. The van der Waals surface area contributed by atoms with Crippen LogP contribution in [0.3, 0.4) is 0 Å². The Labute approximate surface area is 170 Å². The minimum atomic E-state index is -0.894. The Morgan fingerprint density at radius 1 is 1.07 bits per heavy atom. The average molecular weight is 443 g/mol. The van der Waals surface area contributed by atoms with Gasteiger partial charge in [-0.25, -0.2) is 0 Å². The molecule has 28 heavy (non-hydrogen) atoms. The molecule has 0 aliphatic rings. The highest BCUT2D eigenvalue weighted by molar-refractivity contribution is 9.10. The van der Waals surface area contributed by atoms with Gasteiger partial charge in [0.2, 0.25) is 0 Å². The second kappa shape index (κ2) is 8.75. The number of para-hydroxylation sites is 1. The Balaban J connectivity index is 1.98. The third-order valence-corrected chi connectivity index (χ3v) is 4.79. The van der Waals surface area contributed by atoms with E-state index in [9.17, 15) is 9.59 Å². The molecule has 0 unspecified atom stereocenters. The van der Waals surface area contributed by atoms with Gasteiger partial charge < -0.3 is 9.84 Å². The van der Waals surface area contributed by atoms with E-state index < -0.39 is 5.97 Å². The van der Waals surface area contributed by atoms with Gasteiger partial charge in [0, 0.05) is 22.2 Å². The van der Waals surface area contributed by atoms with Crippen molar-refractivity contribution in [1.82, 2.24) is 4.68 Å². The van der Waals surface area contributed by atoms with Crippen LogP contribution in [0.15, 0.2) is 65.1 Å². The quantitative estimate of drug-likeness (QED) is 0.570. The molecule has 0 spiro atoms. The van der Waals surface area contributed by atoms with Crippen LogP contribution in [-0.4, -0.2) is 28.8 Å². The molecule has 0 radical (unpaired) electrons. The Morgan fingerprint density at radius 2 is 1.79 bits per heavy atom. The third kappa shape index (κ3) is 4.43. The number of carbonyl (C=O) groups is 2. The zero-order valence-electron chi connectivity index (χ0n) is 15.2. The minimum absolute atomic E-state index is 0.0334. The zero-order chi connectivity index (χ0) is 20.1. The van der Waals surface area contributed by atoms with E-state index in [-0.39, 0.29) is 18.7 Å². The van der Waals surface area contributed by atoms with E-state index in [0.717, 1.165) is 15.7 Å². The van der Waals surface area contributed by atoms with E-state index in [2.05, 4.69) is 21.4 Å². The number of carboxylic acids is 1. The Kier molecular flexibility index (Phi) is 6.16. The summed E-state index contributed by atoms with van der Waals surface area (Å²) in [7, 11) is 1.51. The molecule has 144 valence electrons. The Morgan fingerprint density at radius 3 is 2.46 bits per heavy atom. The number of amides is 1. The number of aryl methyl sites for hydroxylation is 1. The molecule has 2 aromatic carbocycles. The van der Waals surface area contributed by atoms with Crippen molar-refractivity contribution >= 4 is 27.8 Å². The molecule has 3 aromatic rings. The monoisotopic (exact) mass is 442 g/mol. The lowest BCUT2D eigenvalue weighted by atomic mass is 10.1. The van der Waals surface area contributed by atoms with Gasteiger partial charge in [0.25, 0.3) is 5.91 Å². The largest absolute Gasteiger partial charge is 0.496 e. The van der Waals surface area contributed by atoms with Gasteiger partial charge in [0.05, 0.1) is 24.8 Å². The van der Waals surface area contributed by atoms with Crippen molar-refractivity contribution < 1.29 is 19.4 Å². The number of nitrogens with one attached hydrogen (secondary N) is 1. The first-order valence-electron chi connectivity index (χ1n) is 8.62. The van der Waals surface area contributed by atoms with Gasteiger partial charge in [0.15, 0.2) is 0 Å². The first kappa shape index (κ1) is 19.7. The summed E-state index contributed by atoms with van der Waals surface area (Å²) in [6, 6.07) is 18.3. The fraction of sp³-hybridized carbons (Fsp3) is 0.143. The van der Waals surface area contributed by atoms with Crippen LogP contribution in [0.25, 0.3) is 11.3 Å². The highest BCUT2D eigenvalue weighted by Crippen LogP contribution is 2.25. The summed E-state index contributed by atoms with van der Waals surface area (Å²) in [5, 5.41) is 9.03. The van der Waals surface area contributed by atoms with Gasteiger partial charge in [-0.05, 0) is 36.4 Å². The maximum absolute atomic E-state index is 12.9. The molecule has 1 heterocycles. The molecule has 0 saturated heterocycles. The fourth-order valence-electron chi connectivity index (χ4n) is 2.88. The first-order valence-corrected chi connectivity index (χ1v) is 9.41. The molecule has 0 aliphatic carbocycles. The number of nitrogens with zero attached hydrogens (tertiary/aromatic N) is 1. The van der Waals surface area contributed by atoms with E-state index in [1.165, 1.54) is 7.11 Å². The van der Waals surface area contributed by atoms with Gasteiger partial charge >= 0.3 is 5.97 Å². The number of carbonyl (C=O) groups excluding carboxylic acids is 1. The van der Waals surface area contributed by atoms with Crippen LogP contribution in [0.5, 0.6) is 5.75 Å². The maximum Gasteiger partial charge on any atom is 0.303 e. The molecule has 2 N–H and O–H groups in total. The van der Waals surface area contributed by atoms with Gasteiger partial charge in [-0.15, -0.1) is 0 Å². The number of rotatable bonds is 7. The van der Waals surface area contributed by atoms with Crippen LogP contribution in [0.2, 0.25) is 0 Å². The van der Waals surface area contributed by atoms with E-state index >= 15 is 0 Å². The average Bonchev–Trinajstić information content (AvgIpc) is 3.09. The van der Waals surface area contributed by atoms with Crippen molar-refractivity contribution in [2.75, 3.05) is 12.5 Å². The minimum Gasteiger partial charge on any atom is -0.496 e. The predicted octanol–water partition coefficient (Wildman–Crippen LogP) is 4.33. The molecule has 3 rings (SSSR count). The molecular formula is C21H19BrN2O4. The summed E-state index contributed by atoms with van der Waals surface area (Å²) in [5.74, 6) is -0.776. The number of ether oxygens (including phenoxy) is 1. The Hall–Kier alpha value is -3.06. The second-order valence-electron chi connectivity index (χ2n) is 6.09. The van der Waals surface area contributed by atoms with Crippen LogP contribution in [0.4, 0.5) is 0 Å². The van der Waals surface area contributed by atoms with Crippen molar-refractivity contribution in [3.05, 3.63) is 76.4 Å².